The van der Waals surface area contributed by atoms with Crippen LogP contribution in [0.25, 0.3) is 0 Å². The summed E-state index contributed by atoms with van der Waals surface area (Å²) < 4.78 is 4.97. The van der Waals surface area contributed by atoms with E-state index in [-0.39, 0.29) is 11.8 Å². The van der Waals surface area contributed by atoms with Crippen LogP contribution in [0, 0.1) is 6.92 Å². The lowest BCUT2D eigenvalue weighted by molar-refractivity contribution is -0.121. The molecule has 0 spiro atoms. The van der Waals surface area contributed by atoms with E-state index in [4.69, 9.17) is 4.52 Å². The number of para-hydroxylation sites is 1. The van der Waals surface area contributed by atoms with Crippen LogP contribution in [0.1, 0.15) is 29.4 Å². The Bertz CT molecular complexity index is 621. The maximum absolute atomic E-state index is 12.0. The summed E-state index contributed by atoms with van der Waals surface area (Å²) in [6.45, 7) is 3.06. The summed E-state index contributed by atoms with van der Waals surface area (Å²) in [5.41, 5.74) is 3.11. The first kappa shape index (κ1) is 12.7. The highest BCUT2D eigenvalue weighted by Gasteiger charge is 2.23. The highest BCUT2D eigenvalue weighted by Crippen LogP contribution is 2.32. The number of amides is 1. The van der Waals surface area contributed by atoms with Crippen molar-refractivity contribution in [2.24, 2.45) is 0 Å². The summed E-state index contributed by atoms with van der Waals surface area (Å²) in [6.07, 6.45) is 0.487. The highest BCUT2D eigenvalue weighted by atomic mass is 16.5. The van der Waals surface area contributed by atoms with Crippen LogP contribution in [-0.4, -0.2) is 17.6 Å². The second kappa shape index (κ2) is 5.36. The zero-order chi connectivity index (χ0) is 13.9. The van der Waals surface area contributed by atoms with Crippen molar-refractivity contribution in [3.63, 3.8) is 0 Å². The van der Waals surface area contributed by atoms with Gasteiger partial charge in [0.05, 0.1) is 6.54 Å². The summed E-state index contributed by atoms with van der Waals surface area (Å²) in [4.78, 5) is 12.0. The molecular formula is C15H17N3O2. The molecule has 104 valence electrons. The van der Waals surface area contributed by atoms with Crippen molar-refractivity contribution in [2.75, 3.05) is 11.9 Å². The zero-order valence-electron chi connectivity index (χ0n) is 11.3. The van der Waals surface area contributed by atoms with Crippen molar-refractivity contribution in [1.29, 1.82) is 0 Å². The van der Waals surface area contributed by atoms with Crippen LogP contribution in [0.3, 0.4) is 0 Å². The van der Waals surface area contributed by atoms with Gasteiger partial charge < -0.3 is 15.2 Å². The van der Waals surface area contributed by atoms with E-state index >= 15 is 0 Å². The third kappa shape index (κ3) is 2.66. The standard InChI is InChI=1S/C15H17N3O2/c1-10-6-12(18-20-10)9-17-15(19)7-11-8-16-14-5-3-2-4-13(11)14/h2-6,11,16H,7-9H2,1H3,(H,17,19). The predicted molar refractivity (Wildman–Crippen MR) is 75.4 cm³/mol. The Morgan fingerprint density at radius 1 is 1.50 bits per heavy atom. The molecule has 0 aliphatic carbocycles. The van der Waals surface area contributed by atoms with Crippen molar-refractivity contribution in [3.05, 3.63) is 47.3 Å². The predicted octanol–water partition coefficient (Wildman–Crippen LogP) is 2.20. The number of benzene rings is 1. The fourth-order valence-corrected chi connectivity index (χ4v) is 2.53. The maximum Gasteiger partial charge on any atom is 0.221 e. The summed E-state index contributed by atoms with van der Waals surface area (Å²) >= 11 is 0. The number of hydrogen-bond acceptors (Lipinski definition) is 4. The molecule has 5 nitrogen and oxygen atoms in total. The van der Waals surface area contributed by atoms with Crippen LogP contribution >= 0.6 is 0 Å². The van der Waals surface area contributed by atoms with E-state index in [9.17, 15) is 4.79 Å². The Kier molecular flexibility index (Phi) is 3.41. The Hall–Kier alpha value is -2.30. The van der Waals surface area contributed by atoms with Gasteiger partial charge in [0.15, 0.2) is 0 Å². The first-order chi connectivity index (χ1) is 9.72. The maximum atomic E-state index is 12.0. The minimum Gasteiger partial charge on any atom is -0.384 e. The van der Waals surface area contributed by atoms with Gasteiger partial charge in [-0.15, -0.1) is 0 Å². The van der Waals surface area contributed by atoms with Gasteiger partial charge in [0, 0.05) is 30.6 Å². The van der Waals surface area contributed by atoms with Crippen molar-refractivity contribution in [2.45, 2.75) is 25.8 Å². The van der Waals surface area contributed by atoms with Gasteiger partial charge in [0.1, 0.15) is 11.5 Å². The molecule has 1 aromatic heterocycles. The molecule has 2 aromatic rings. The molecule has 1 unspecified atom stereocenters. The quantitative estimate of drug-likeness (QED) is 0.894. The number of hydrogen-bond donors (Lipinski definition) is 2. The molecule has 20 heavy (non-hydrogen) atoms. The summed E-state index contributed by atoms with van der Waals surface area (Å²) in [5.74, 6) is 1.03. The normalized spacial score (nSPS) is 16.6. The number of carbonyl (C=O) groups excluding carboxylic acids is 1. The van der Waals surface area contributed by atoms with Crippen LogP contribution in [0.15, 0.2) is 34.9 Å². The van der Waals surface area contributed by atoms with Gasteiger partial charge in [-0.1, -0.05) is 23.4 Å². The second-order valence-corrected chi connectivity index (χ2v) is 5.07. The summed E-state index contributed by atoms with van der Waals surface area (Å²) in [7, 11) is 0. The molecule has 5 heteroatoms. The molecule has 1 amide bonds. The van der Waals surface area contributed by atoms with E-state index in [1.54, 1.807) is 0 Å². The number of aromatic nitrogens is 1. The van der Waals surface area contributed by atoms with E-state index in [2.05, 4.69) is 21.9 Å². The third-order valence-electron chi connectivity index (χ3n) is 3.51. The minimum absolute atomic E-state index is 0.0363. The number of fused-ring (bicyclic) bond motifs is 1. The smallest absolute Gasteiger partial charge is 0.221 e. The summed E-state index contributed by atoms with van der Waals surface area (Å²) in [6, 6.07) is 9.96. The van der Waals surface area contributed by atoms with Gasteiger partial charge in [0.25, 0.3) is 0 Å². The van der Waals surface area contributed by atoms with Crippen LogP contribution < -0.4 is 10.6 Å². The molecule has 0 bridgehead atoms. The third-order valence-corrected chi connectivity index (χ3v) is 3.51. The second-order valence-electron chi connectivity index (χ2n) is 5.07. The monoisotopic (exact) mass is 271 g/mol. The van der Waals surface area contributed by atoms with E-state index in [0.717, 1.165) is 23.7 Å². The van der Waals surface area contributed by atoms with Gasteiger partial charge in [-0.2, -0.15) is 0 Å². The molecule has 0 radical (unpaired) electrons. The zero-order valence-corrected chi connectivity index (χ0v) is 11.3. The number of aryl methyl sites for hydroxylation is 1. The van der Waals surface area contributed by atoms with Gasteiger partial charge in [0.2, 0.25) is 5.91 Å². The molecule has 3 rings (SSSR count). The minimum atomic E-state index is 0.0363. The van der Waals surface area contributed by atoms with Crippen LogP contribution in [0.5, 0.6) is 0 Å². The molecule has 1 aromatic carbocycles. The molecular weight excluding hydrogens is 254 g/mol. The Labute approximate surface area is 117 Å². The van der Waals surface area contributed by atoms with Gasteiger partial charge in [-0.3, -0.25) is 4.79 Å². The van der Waals surface area contributed by atoms with Crippen molar-refractivity contribution in [3.8, 4) is 0 Å². The first-order valence-electron chi connectivity index (χ1n) is 6.74. The van der Waals surface area contributed by atoms with E-state index in [1.807, 2.05) is 31.2 Å². The number of nitrogens with zero attached hydrogens (tertiary/aromatic N) is 1. The van der Waals surface area contributed by atoms with E-state index in [0.29, 0.717) is 13.0 Å². The number of carbonyl (C=O) groups is 1. The van der Waals surface area contributed by atoms with Gasteiger partial charge in [-0.05, 0) is 18.6 Å². The summed E-state index contributed by atoms with van der Waals surface area (Å²) in [5, 5.41) is 10.1. The molecule has 1 aliphatic heterocycles. The van der Waals surface area contributed by atoms with Crippen molar-refractivity contribution < 1.29 is 9.32 Å². The molecule has 2 N–H and O–H groups in total. The molecule has 0 saturated heterocycles. The topological polar surface area (TPSA) is 67.2 Å². The van der Waals surface area contributed by atoms with Gasteiger partial charge in [-0.25, -0.2) is 0 Å². The average Bonchev–Trinajstić information content (AvgIpc) is 3.04. The fourth-order valence-electron chi connectivity index (χ4n) is 2.53. The first-order valence-corrected chi connectivity index (χ1v) is 6.74. The largest absolute Gasteiger partial charge is 0.384 e. The fraction of sp³-hybridized carbons (Fsp3) is 0.333. The Morgan fingerprint density at radius 3 is 3.15 bits per heavy atom. The lowest BCUT2D eigenvalue weighted by atomic mass is 9.97. The average molecular weight is 271 g/mol. The SMILES string of the molecule is Cc1cc(CNC(=O)CC2CNc3ccccc32)no1. The van der Waals surface area contributed by atoms with E-state index in [1.165, 1.54) is 5.56 Å². The molecule has 0 fully saturated rings. The van der Waals surface area contributed by atoms with Crippen LogP contribution in [0.4, 0.5) is 5.69 Å². The van der Waals surface area contributed by atoms with Gasteiger partial charge >= 0.3 is 0 Å². The highest BCUT2D eigenvalue weighted by molar-refractivity contribution is 5.78. The van der Waals surface area contributed by atoms with Crippen molar-refractivity contribution >= 4 is 11.6 Å². The number of anilines is 1. The van der Waals surface area contributed by atoms with E-state index < -0.39 is 0 Å². The van der Waals surface area contributed by atoms with Crippen LogP contribution in [0.2, 0.25) is 0 Å². The molecule has 1 atom stereocenters. The number of rotatable bonds is 4. The molecule has 2 heterocycles. The van der Waals surface area contributed by atoms with Crippen molar-refractivity contribution in [1.82, 2.24) is 10.5 Å². The molecule has 1 aliphatic rings. The Morgan fingerprint density at radius 2 is 2.35 bits per heavy atom. The lowest BCUT2D eigenvalue weighted by Crippen LogP contribution is -2.25. The van der Waals surface area contributed by atoms with Crippen LogP contribution in [-0.2, 0) is 11.3 Å². The number of nitrogens with one attached hydrogen (secondary N) is 2. The Balaban J connectivity index is 1.55. The molecule has 0 saturated carbocycles. The lowest BCUT2D eigenvalue weighted by Gasteiger charge is -2.09.